The number of carbonyl (C=O) groups excluding carboxylic acids is 2. The molecule has 21 heavy (non-hydrogen) atoms. The second-order valence-corrected chi connectivity index (χ2v) is 4.48. The second kappa shape index (κ2) is 6.60. The molecule has 0 atom stereocenters. The number of hydrogen-bond acceptors (Lipinski definition) is 5. The van der Waals surface area contributed by atoms with Crippen LogP contribution in [0.1, 0.15) is 21.6 Å². The molecule has 1 N–H and O–H groups in total. The van der Waals surface area contributed by atoms with Gasteiger partial charge in [-0.25, -0.2) is 9.78 Å². The number of nitrogens with one attached hydrogen (secondary N) is 1. The highest BCUT2D eigenvalue weighted by Gasteiger charge is 2.12. The van der Waals surface area contributed by atoms with Crippen LogP contribution in [-0.2, 0) is 9.53 Å². The molecule has 0 bridgehead atoms. The number of esters is 1. The van der Waals surface area contributed by atoms with Crippen molar-refractivity contribution in [1.82, 2.24) is 9.97 Å². The van der Waals surface area contributed by atoms with E-state index in [0.717, 1.165) is 16.8 Å². The Labute approximate surface area is 122 Å². The minimum atomic E-state index is -0.681. The molecule has 0 fully saturated rings. The van der Waals surface area contributed by atoms with Crippen LogP contribution < -0.4 is 5.32 Å². The molecule has 2 rings (SSSR count). The SMILES string of the molecule is Cc1cccc(C)c1NC(=O)COC(=O)c1cnccn1. The Kier molecular flexibility index (Phi) is 4.61. The standard InChI is InChI=1S/C15H15N3O3/c1-10-4-3-5-11(2)14(10)18-13(19)9-21-15(20)12-8-16-6-7-17-12/h3-8H,9H2,1-2H3,(H,18,19). The molecular weight excluding hydrogens is 270 g/mol. The summed E-state index contributed by atoms with van der Waals surface area (Å²) in [5, 5.41) is 2.73. The Hall–Kier alpha value is -2.76. The zero-order valence-corrected chi connectivity index (χ0v) is 11.8. The van der Waals surface area contributed by atoms with Crippen LogP contribution in [0, 0.1) is 13.8 Å². The maximum absolute atomic E-state index is 11.8. The first-order valence-corrected chi connectivity index (χ1v) is 6.37. The molecule has 0 aliphatic carbocycles. The van der Waals surface area contributed by atoms with Crippen molar-refractivity contribution in [1.29, 1.82) is 0 Å². The number of ether oxygens (including phenoxy) is 1. The Morgan fingerprint density at radius 3 is 2.52 bits per heavy atom. The number of benzene rings is 1. The summed E-state index contributed by atoms with van der Waals surface area (Å²) in [5.74, 6) is -1.08. The van der Waals surface area contributed by atoms with E-state index in [4.69, 9.17) is 4.74 Å². The summed E-state index contributed by atoms with van der Waals surface area (Å²) in [6.07, 6.45) is 4.11. The molecule has 1 heterocycles. The van der Waals surface area contributed by atoms with Gasteiger partial charge in [-0.1, -0.05) is 18.2 Å². The average Bonchev–Trinajstić information content (AvgIpc) is 2.49. The topological polar surface area (TPSA) is 81.2 Å². The molecular formula is C15H15N3O3. The first kappa shape index (κ1) is 14.6. The number of aryl methyl sites for hydroxylation is 2. The minimum Gasteiger partial charge on any atom is -0.451 e. The summed E-state index contributed by atoms with van der Waals surface area (Å²) in [4.78, 5) is 31.0. The molecule has 0 aliphatic heterocycles. The number of anilines is 1. The third-order valence-corrected chi connectivity index (χ3v) is 2.85. The smallest absolute Gasteiger partial charge is 0.359 e. The largest absolute Gasteiger partial charge is 0.451 e. The summed E-state index contributed by atoms with van der Waals surface area (Å²) < 4.78 is 4.89. The van der Waals surface area contributed by atoms with Crippen molar-refractivity contribution >= 4 is 17.6 Å². The molecule has 1 amide bonds. The van der Waals surface area contributed by atoms with E-state index < -0.39 is 11.9 Å². The summed E-state index contributed by atoms with van der Waals surface area (Å²) in [6.45, 7) is 3.42. The third kappa shape index (κ3) is 3.85. The minimum absolute atomic E-state index is 0.0670. The number of rotatable bonds is 4. The summed E-state index contributed by atoms with van der Waals surface area (Å²) in [5.41, 5.74) is 2.70. The van der Waals surface area contributed by atoms with E-state index in [0.29, 0.717) is 0 Å². The molecule has 0 unspecified atom stereocenters. The highest BCUT2D eigenvalue weighted by Crippen LogP contribution is 2.19. The van der Waals surface area contributed by atoms with Gasteiger partial charge < -0.3 is 10.1 Å². The summed E-state index contributed by atoms with van der Waals surface area (Å²) in [7, 11) is 0. The van der Waals surface area contributed by atoms with Gasteiger partial charge >= 0.3 is 5.97 Å². The molecule has 0 saturated heterocycles. The van der Waals surface area contributed by atoms with E-state index in [2.05, 4.69) is 15.3 Å². The summed E-state index contributed by atoms with van der Waals surface area (Å²) >= 11 is 0. The molecule has 6 nitrogen and oxygen atoms in total. The van der Waals surface area contributed by atoms with Crippen molar-refractivity contribution in [2.24, 2.45) is 0 Å². The van der Waals surface area contributed by atoms with Gasteiger partial charge in [0.15, 0.2) is 12.3 Å². The first-order chi connectivity index (χ1) is 10.1. The number of carbonyl (C=O) groups is 2. The predicted octanol–water partition coefficient (Wildman–Crippen LogP) is 1.89. The maximum Gasteiger partial charge on any atom is 0.359 e. The Morgan fingerprint density at radius 2 is 1.90 bits per heavy atom. The third-order valence-electron chi connectivity index (χ3n) is 2.85. The number of hydrogen-bond donors (Lipinski definition) is 1. The Balaban J connectivity index is 1.92. The van der Waals surface area contributed by atoms with Gasteiger partial charge in [-0.05, 0) is 25.0 Å². The van der Waals surface area contributed by atoms with Crippen LogP contribution in [0.3, 0.4) is 0 Å². The fourth-order valence-electron chi connectivity index (χ4n) is 1.80. The monoisotopic (exact) mass is 285 g/mol. The highest BCUT2D eigenvalue weighted by atomic mass is 16.5. The van der Waals surface area contributed by atoms with Crippen LogP contribution >= 0.6 is 0 Å². The second-order valence-electron chi connectivity index (χ2n) is 4.48. The Morgan fingerprint density at radius 1 is 1.19 bits per heavy atom. The van der Waals surface area contributed by atoms with Crippen LogP contribution in [0.15, 0.2) is 36.8 Å². The van der Waals surface area contributed by atoms with Crippen molar-refractivity contribution in [3.63, 3.8) is 0 Å². The lowest BCUT2D eigenvalue weighted by molar-refractivity contribution is -0.119. The van der Waals surface area contributed by atoms with Crippen LogP contribution in [0.25, 0.3) is 0 Å². The Bertz CT molecular complexity index is 636. The van der Waals surface area contributed by atoms with Crippen molar-refractivity contribution in [2.75, 3.05) is 11.9 Å². The number of nitrogens with zero attached hydrogens (tertiary/aromatic N) is 2. The molecule has 0 radical (unpaired) electrons. The van der Waals surface area contributed by atoms with Gasteiger partial charge in [0, 0.05) is 18.1 Å². The zero-order chi connectivity index (χ0) is 15.2. The van der Waals surface area contributed by atoms with E-state index in [1.165, 1.54) is 18.6 Å². The highest BCUT2D eigenvalue weighted by molar-refractivity contribution is 5.95. The van der Waals surface area contributed by atoms with Gasteiger partial charge in [-0.3, -0.25) is 9.78 Å². The van der Waals surface area contributed by atoms with Crippen LogP contribution in [0.5, 0.6) is 0 Å². The van der Waals surface area contributed by atoms with Gasteiger partial charge in [-0.15, -0.1) is 0 Å². The zero-order valence-electron chi connectivity index (χ0n) is 11.8. The van der Waals surface area contributed by atoms with Crippen molar-refractivity contribution in [3.8, 4) is 0 Å². The normalized spacial score (nSPS) is 10.0. The van der Waals surface area contributed by atoms with E-state index in [1.807, 2.05) is 32.0 Å². The molecule has 108 valence electrons. The van der Waals surface area contributed by atoms with Gasteiger partial charge in [0.05, 0.1) is 6.20 Å². The molecule has 6 heteroatoms. The molecule has 0 aliphatic rings. The first-order valence-electron chi connectivity index (χ1n) is 6.37. The van der Waals surface area contributed by atoms with Gasteiger partial charge in [-0.2, -0.15) is 0 Å². The number of para-hydroxylation sites is 1. The lowest BCUT2D eigenvalue weighted by atomic mass is 10.1. The van der Waals surface area contributed by atoms with Crippen LogP contribution in [0.2, 0.25) is 0 Å². The van der Waals surface area contributed by atoms with Crippen molar-refractivity contribution in [2.45, 2.75) is 13.8 Å². The molecule has 0 saturated carbocycles. The van der Waals surface area contributed by atoms with Crippen LogP contribution in [0.4, 0.5) is 5.69 Å². The molecule has 1 aromatic heterocycles. The van der Waals surface area contributed by atoms with Crippen molar-refractivity contribution in [3.05, 3.63) is 53.6 Å². The van der Waals surface area contributed by atoms with E-state index in [1.54, 1.807) is 0 Å². The number of amides is 1. The van der Waals surface area contributed by atoms with Gasteiger partial charge in [0.25, 0.3) is 5.91 Å². The quantitative estimate of drug-likeness (QED) is 0.867. The van der Waals surface area contributed by atoms with E-state index in [9.17, 15) is 9.59 Å². The van der Waals surface area contributed by atoms with Crippen LogP contribution in [-0.4, -0.2) is 28.5 Å². The molecule has 2 aromatic rings. The predicted molar refractivity (Wildman–Crippen MR) is 76.9 cm³/mol. The lowest BCUT2D eigenvalue weighted by Crippen LogP contribution is -2.22. The number of aromatic nitrogens is 2. The molecule has 1 aromatic carbocycles. The van der Waals surface area contributed by atoms with Gasteiger partial charge in [0.1, 0.15) is 0 Å². The van der Waals surface area contributed by atoms with Gasteiger partial charge in [0.2, 0.25) is 0 Å². The fraction of sp³-hybridized carbons (Fsp3) is 0.200. The maximum atomic E-state index is 11.8. The lowest BCUT2D eigenvalue weighted by Gasteiger charge is -2.11. The molecule has 0 spiro atoms. The summed E-state index contributed by atoms with van der Waals surface area (Å²) in [6, 6.07) is 5.71. The average molecular weight is 285 g/mol. The van der Waals surface area contributed by atoms with Crippen molar-refractivity contribution < 1.29 is 14.3 Å². The van der Waals surface area contributed by atoms with E-state index >= 15 is 0 Å². The van der Waals surface area contributed by atoms with E-state index in [-0.39, 0.29) is 12.3 Å². The fourth-order valence-corrected chi connectivity index (χ4v) is 1.80.